The van der Waals surface area contributed by atoms with E-state index in [0.717, 1.165) is 0 Å². The molecule has 0 aromatic carbocycles. The minimum absolute atomic E-state index is 0.0149. The van der Waals surface area contributed by atoms with E-state index in [1.807, 2.05) is 0 Å². The summed E-state index contributed by atoms with van der Waals surface area (Å²) in [4.78, 5) is 0. The average Bonchev–Trinajstić information content (AvgIpc) is 2.11. The molecule has 0 rings (SSSR count). The summed E-state index contributed by atoms with van der Waals surface area (Å²) in [7, 11) is 4.21. The van der Waals surface area contributed by atoms with Crippen LogP contribution in [0.1, 0.15) is 12.8 Å². The summed E-state index contributed by atoms with van der Waals surface area (Å²) in [6, 6.07) is 0. The van der Waals surface area contributed by atoms with Crippen LogP contribution in [-0.2, 0) is 11.3 Å². The van der Waals surface area contributed by atoms with Gasteiger partial charge in [-0.2, -0.15) is 0 Å². The molecule has 0 N–H and O–H groups in total. The average molecular weight is 277 g/mol. The summed E-state index contributed by atoms with van der Waals surface area (Å²) in [6.45, 7) is 0. The standard InChI is InChI=1S/C7H15F3GeO3/c1-12-11(13-2,14-3)6-4-5-7(8,9)10/h4-6H2,1-3H3. The van der Waals surface area contributed by atoms with Crippen LogP contribution < -0.4 is 0 Å². The van der Waals surface area contributed by atoms with Gasteiger partial charge in [0.1, 0.15) is 0 Å². The van der Waals surface area contributed by atoms with E-state index >= 15 is 0 Å². The Bertz CT molecular complexity index is 150. The van der Waals surface area contributed by atoms with Crippen molar-refractivity contribution in [2.24, 2.45) is 0 Å². The number of rotatable bonds is 6. The molecule has 0 bridgehead atoms. The fraction of sp³-hybridized carbons (Fsp3) is 1.00. The van der Waals surface area contributed by atoms with Crippen molar-refractivity contribution in [3.05, 3.63) is 0 Å². The van der Waals surface area contributed by atoms with Gasteiger partial charge in [-0.15, -0.1) is 0 Å². The molecule has 14 heavy (non-hydrogen) atoms. The van der Waals surface area contributed by atoms with Gasteiger partial charge in [-0.3, -0.25) is 0 Å². The SMILES string of the molecule is C[O][Ge]([CH2]CCC(F)(F)F)([O]C)[O]C. The summed E-state index contributed by atoms with van der Waals surface area (Å²) in [6.07, 6.45) is -4.96. The summed E-state index contributed by atoms with van der Waals surface area (Å²) >= 11 is -3.33. The van der Waals surface area contributed by atoms with Crippen molar-refractivity contribution in [3.63, 3.8) is 0 Å². The number of halogens is 3. The minimum atomic E-state index is -4.12. The maximum atomic E-state index is 11.8. The van der Waals surface area contributed by atoms with Crippen LogP contribution in [0, 0.1) is 0 Å². The molecule has 0 aliphatic carbocycles. The van der Waals surface area contributed by atoms with Gasteiger partial charge < -0.3 is 0 Å². The topological polar surface area (TPSA) is 27.7 Å². The predicted octanol–water partition coefficient (Wildman–Crippen LogP) is 2.21. The van der Waals surface area contributed by atoms with Crippen molar-refractivity contribution in [2.75, 3.05) is 21.3 Å². The normalized spacial score (nSPS) is 13.3. The molecule has 0 aromatic rings. The zero-order valence-corrected chi connectivity index (χ0v) is 10.6. The Morgan fingerprint density at radius 1 is 1.00 bits per heavy atom. The molecule has 0 fully saturated rings. The van der Waals surface area contributed by atoms with Crippen LogP contribution >= 0.6 is 0 Å². The predicted molar refractivity (Wildman–Crippen MR) is 46.9 cm³/mol. The van der Waals surface area contributed by atoms with Crippen molar-refractivity contribution >= 4 is 14.3 Å². The molecule has 0 saturated heterocycles. The molecule has 0 radical (unpaired) electrons. The molecule has 0 spiro atoms. The number of hydrogen-bond donors (Lipinski definition) is 0. The molecule has 7 heteroatoms. The molecule has 0 saturated carbocycles. The van der Waals surface area contributed by atoms with E-state index in [1.54, 1.807) is 0 Å². The molecule has 0 amide bonds. The van der Waals surface area contributed by atoms with E-state index < -0.39 is 26.9 Å². The van der Waals surface area contributed by atoms with Crippen LogP contribution in [-0.4, -0.2) is 41.8 Å². The van der Waals surface area contributed by atoms with Crippen molar-refractivity contribution < 1.29 is 24.5 Å². The van der Waals surface area contributed by atoms with Gasteiger partial charge in [-0.05, 0) is 0 Å². The first-order chi connectivity index (χ1) is 6.39. The van der Waals surface area contributed by atoms with Crippen molar-refractivity contribution in [3.8, 4) is 0 Å². The molecule has 0 heterocycles. The second-order valence-electron chi connectivity index (χ2n) is 2.76. The van der Waals surface area contributed by atoms with Crippen LogP contribution in [0.15, 0.2) is 0 Å². The van der Waals surface area contributed by atoms with Gasteiger partial charge in [0.05, 0.1) is 0 Å². The molecule has 3 nitrogen and oxygen atoms in total. The Kier molecular flexibility index (Phi) is 6.03. The third kappa shape index (κ3) is 5.18. The summed E-state index contributed by atoms with van der Waals surface area (Å²) in [5, 5.41) is 0.225. The molecule has 0 atom stereocenters. The molecular weight excluding hydrogens is 262 g/mol. The van der Waals surface area contributed by atoms with E-state index in [0.29, 0.717) is 0 Å². The van der Waals surface area contributed by atoms with Gasteiger partial charge in [0, 0.05) is 0 Å². The molecular formula is C7H15F3GeO3. The Morgan fingerprint density at radius 2 is 1.43 bits per heavy atom. The Labute approximate surface area is 84.9 Å². The van der Waals surface area contributed by atoms with Gasteiger partial charge in [0.15, 0.2) is 0 Å². The van der Waals surface area contributed by atoms with Crippen LogP contribution in [0.3, 0.4) is 0 Å². The third-order valence-corrected chi connectivity index (χ3v) is 7.82. The molecule has 0 aliphatic rings. The zero-order valence-electron chi connectivity index (χ0n) is 8.48. The third-order valence-electron chi connectivity index (χ3n) is 1.88. The first kappa shape index (κ1) is 14.2. The van der Waals surface area contributed by atoms with Crippen LogP contribution in [0.2, 0.25) is 5.25 Å². The Hall–Kier alpha value is 0.213. The molecule has 0 unspecified atom stereocenters. The van der Waals surface area contributed by atoms with E-state index in [4.69, 9.17) is 11.3 Å². The van der Waals surface area contributed by atoms with Crippen LogP contribution in [0.5, 0.6) is 0 Å². The Balaban J connectivity index is 3.95. The quantitative estimate of drug-likeness (QED) is 0.696. The van der Waals surface area contributed by atoms with E-state index in [1.165, 1.54) is 21.3 Å². The van der Waals surface area contributed by atoms with Gasteiger partial charge in [-0.25, -0.2) is 0 Å². The van der Waals surface area contributed by atoms with Crippen molar-refractivity contribution in [1.82, 2.24) is 0 Å². The van der Waals surface area contributed by atoms with Gasteiger partial charge in [0.25, 0.3) is 0 Å². The van der Waals surface area contributed by atoms with Crippen LogP contribution in [0.25, 0.3) is 0 Å². The molecule has 86 valence electrons. The number of alkyl halides is 3. The van der Waals surface area contributed by atoms with Crippen molar-refractivity contribution in [1.29, 1.82) is 0 Å². The second kappa shape index (κ2) is 5.94. The zero-order chi connectivity index (χ0) is 11.2. The fourth-order valence-corrected chi connectivity index (χ4v) is 4.67. The second-order valence-corrected chi connectivity index (χ2v) is 9.25. The van der Waals surface area contributed by atoms with Crippen LogP contribution in [0.4, 0.5) is 13.2 Å². The first-order valence-electron chi connectivity index (χ1n) is 4.11. The molecule has 0 aliphatic heterocycles. The Morgan fingerprint density at radius 3 is 1.71 bits per heavy atom. The van der Waals surface area contributed by atoms with Gasteiger partial charge in [0.2, 0.25) is 0 Å². The monoisotopic (exact) mass is 278 g/mol. The summed E-state index contributed by atoms with van der Waals surface area (Å²) in [5.41, 5.74) is 0. The fourth-order valence-electron chi connectivity index (χ4n) is 1.06. The maximum absolute atomic E-state index is 11.8. The van der Waals surface area contributed by atoms with Gasteiger partial charge >= 0.3 is 84.3 Å². The number of hydrogen-bond acceptors (Lipinski definition) is 3. The molecule has 0 aromatic heterocycles. The summed E-state index contributed by atoms with van der Waals surface area (Å²) < 4.78 is 50.6. The van der Waals surface area contributed by atoms with Gasteiger partial charge in [-0.1, -0.05) is 0 Å². The van der Waals surface area contributed by atoms with E-state index in [-0.39, 0.29) is 11.7 Å². The first-order valence-corrected chi connectivity index (χ1v) is 8.16. The summed E-state index contributed by atoms with van der Waals surface area (Å²) in [5.74, 6) is 0. The van der Waals surface area contributed by atoms with E-state index in [2.05, 4.69) is 0 Å². The van der Waals surface area contributed by atoms with E-state index in [9.17, 15) is 13.2 Å². The van der Waals surface area contributed by atoms with Crippen molar-refractivity contribution in [2.45, 2.75) is 24.3 Å².